The zero-order valence-corrected chi connectivity index (χ0v) is 23.2. The number of halogens is 2. The number of anilines is 1. The van der Waals surface area contributed by atoms with E-state index in [1.807, 2.05) is 6.92 Å². The second kappa shape index (κ2) is 10.6. The average Bonchev–Trinajstić information content (AvgIpc) is 3.24. The monoisotopic (exact) mass is 594 g/mol. The number of hydrogen-bond acceptors (Lipinski definition) is 8. The summed E-state index contributed by atoms with van der Waals surface area (Å²) in [4.78, 5) is 33.0. The number of rotatable bonds is 7. The second-order valence-electron chi connectivity index (χ2n) is 9.44. The summed E-state index contributed by atoms with van der Waals surface area (Å²) >= 11 is 6.19. The molecule has 0 radical (unpaired) electrons. The summed E-state index contributed by atoms with van der Waals surface area (Å²) in [6.07, 6.45) is 4.57. The topological polar surface area (TPSA) is 151 Å². The maximum absolute atomic E-state index is 14.8. The van der Waals surface area contributed by atoms with E-state index in [1.54, 1.807) is 23.1 Å². The molecular formula is C24H25ClFN6O5PS. The molecule has 206 valence electrons. The van der Waals surface area contributed by atoms with Gasteiger partial charge in [-0.15, -0.1) is 0 Å². The molecule has 1 aliphatic heterocycles. The van der Waals surface area contributed by atoms with Gasteiger partial charge in [-0.1, -0.05) is 29.3 Å². The van der Waals surface area contributed by atoms with E-state index in [0.717, 1.165) is 15.7 Å². The predicted octanol–water partition coefficient (Wildman–Crippen LogP) is 3.84. The van der Waals surface area contributed by atoms with Gasteiger partial charge in [0.2, 0.25) is 0 Å². The van der Waals surface area contributed by atoms with Gasteiger partial charge in [-0.2, -0.15) is 0 Å². The molecule has 0 spiro atoms. The van der Waals surface area contributed by atoms with Gasteiger partial charge in [0.15, 0.2) is 23.1 Å². The molecule has 3 aromatic heterocycles. The number of nitrogens with one attached hydrogen (secondary N) is 1. The lowest BCUT2D eigenvalue weighted by atomic mass is 10.1. The molecule has 1 aliphatic rings. The average molecular weight is 595 g/mol. The molecule has 1 saturated heterocycles. The Labute approximate surface area is 228 Å². The Bertz CT molecular complexity index is 1700. The molecule has 1 atom stereocenters. The molecule has 1 fully saturated rings. The first-order chi connectivity index (χ1) is 18.4. The molecule has 39 heavy (non-hydrogen) atoms. The number of fused-ring (bicyclic) bond motifs is 1. The van der Waals surface area contributed by atoms with Crippen molar-refractivity contribution in [3.05, 3.63) is 65.3 Å². The maximum Gasteiger partial charge on any atom is 0.339 e. The highest BCUT2D eigenvalue weighted by Gasteiger charge is 2.28. The summed E-state index contributed by atoms with van der Waals surface area (Å²) in [7, 11) is -8.28. The standard InChI is InChI=1S/C24H25ClFN6O5PS/c1-15-4-6-18(7-5-15)39(36,37)32-13-20(19-9-16(25)10-28-24(19)32)22-27-11-21(26)23(30-22)29-17-3-2-8-31(12-17)14-38(33,34)35/h4-7,9-11,13,17H,2-3,8,12,14H2,1H3,(H,27,29,30)(H2,33,34,35). The van der Waals surface area contributed by atoms with E-state index >= 15 is 0 Å². The Morgan fingerprint density at radius 1 is 1.21 bits per heavy atom. The van der Waals surface area contributed by atoms with Crippen LogP contribution in [0.5, 0.6) is 0 Å². The minimum atomic E-state index is -4.23. The fourth-order valence-corrected chi connectivity index (χ4v) is 6.85. The molecule has 15 heteroatoms. The number of hydrogen-bond donors (Lipinski definition) is 3. The van der Waals surface area contributed by atoms with Crippen LogP contribution in [-0.4, -0.2) is 67.4 Å². The third-order valence-electron chi connectivity index (χ3n) is 6.37. The van der Waals surface area contributed by atoms with Crippen LogP contribution in [0.2, 0.25) is 5.02 Å². The summed E-state index contributed by atoms with van der Waals surface area (Å²) in [5.41, 5.74) is 1.29. The van der Waals surface area contributed by atoms with E-state index in [-0.39, 0.29) is 51.6 Å². The smallest absolute Gasteiger partial charge is 0.339 e. The maximum atomic E-state index is 14.8. The van der Waals surface area contributed by atoms with Crippen molar-refractivity contribution >= 4 is 46.1 Å². The highest BCUT2D eigenvalue weighted by molar-refractivity contribution is 7.90. The summed E-state index contributed by atoms with van der Waals surface area (Å²) in [6, 6.07) is 7.61. The highest BCUT2D eigenvalue weighted by Crippen LogP contribution is 2.36. The Morgan fingerprint density at radius 3 is 2.67 bits per heavy atom. The number of aromatic nitrogens is 4. The van der Waals surface area contributed by atoms with E-state index in [2.05, 4.69) is 20.3 Å². The summed E-state index contributed by atoms with van der Waals surface area (Å²) < 4.78 is 54.3. The van der Waals surface area contributed by atoms with E-state index in [4.69, 9.17) is 11.6 Å². The van der Waals surface area contributed by atoms with Crippen LogP contribution in [0.25, 0.3) is 22.4 Å². The Hall–Kier alpha value is -2.93. The lowest BCUT2D eigenvalue weighted by Crippen LogP contribution is -2.42. The first kappa shape index (κ1) is 27.6. The molecule has 0 amide bonds. The third-order valence-corrected chi connectivity index (χ3v) is 9.01. The van der Waals surface area contributed by atoms with Gasteiger partial charge in [0.25, 0.3) is 10.0 Å². The molecule has 0 saturated carbocycles. The normalized spacial score (nSPS) is 17.0. The predicted molar refractivity (Wildman–Crippen MR) is 145 cm³/mol. The first-order valence-corrected chi connectivity index (χ1v) is 15.6. The van der Waals surface area contributed by atoms with Crippen molar-refractivity contribution in [3.8, 4) is 11.4 Å². The van der Waals surface area contributed by atoms with Gasteiger partial charge in [-0.25, -0.2) is 31.7 Å². The number of benzene rings is 1. The van der Waals surface area contributed by atoms with E-state index < -0.39 is 23.4 Å². The van der Waals surface area contributed by atoms with Crippen LogP contribution in [0.3, 0.4) is 0 Å². The third kappa shape index (κ3) is 5.98. The number of nitrogens with zero attached hydrogens (tertiary/aromatic N) is 5. The SMILES string of the molecule is Cc1ccc(S(=O)(=O)n2cc(-c3ncc(F)c(NC4CCCN(CP(=O)(O)O)C4)n3)c3cc(Cl)cnc32)cc1. The molecule has 1 unspecified atom stereocenters. The minimum Gasteiger partial charge on any atom is -0.363 e. The van der Waals surface area contributed by atoms with Crippen LogP contribution in [0.4, 0.5) is 10.2 Å². The molecule has 0 bridgehead atoms. The van der Waals surface area contributed by atoms with Crippen molar-refractivity contribution in [1.29, 1.82) is 0 Å². The molecule has 1 aromatic carbocycles. The first-order valence-electron chi connectivity index (χ1n) is 12.0. The molecule has 4 aromatic rings. The Balaban J connectivity index is 1.52. The fourth-order valence-electron chi connectivity index (χ4n) is 4.59. The number of likely N-dealkylation sites (tertiary alicyclic amines) is 1. The van der Waals surface area contributed by atoms with Crippen LogP contribution in [0, 0.1) is 12.7 Å². The molecular weight excluding hydrogens is 570 g/mol. The number of aryl methyl sites for hydroxylation is 1. The quantitative estimate of drug-likeness (QED) is 0.269. The van der Waals surface area contributed by atoms with Gasteiger partial charge < -0.3 is 15.1 Å². The van der Waals surface area contributed by atoms with E-state index in [1.165, 1.54) is 24.5 Å². The zero-order valence-electron chi connectivity index (χ0n) is 20.7. The summed E-state index contributed by atoms with van der Waals surface area (Å²) in [5.74, 6) is -0.785. The van der Waals surface area contributed by atoms with Crippen LogP contribution in [-0.2, 0) is 14.6 Å². The lowest BCUT2D eigenvalue weighted by Gasteiger charge is -2.33. The Morgan fingerprint density at radius 2 is 1.95 bits per heavy atom. The number of piperidine rings is 1. The molecule has 5 rings (SSSR count). The lowest BCUT2D eigenvalue weighted by molar-refractivity contribution is 0.226. The fraction of sp³-hybridized carbons (Fsp3) is 0.292. The van der Waals surface area contributed by atoms with Gasteiger partial charge in [0, 0.05) is 35.9 Å². The molecule has 11 nitrogen and oxygen atoms in total. The summed E-state index contributed by atoms with van der Waals surface area (Å²) in [5, 5.41) is 3.64. The molecule has 4 heterocycles. The van der Waals surface area contributed by atoms with Crippen LogP contribution >= 0.6 is 19.2 Å². The van der Waals surface area contributed by atoms with Crippen molar-refractivity contribution in [1.82, 2.24) is 23.8 Å². The van der Waals surface area contributed by atoms with Gasteiger partial charge in [0.1, 0.15) is 6.29 Å². The van der Waals surface area contributed by atoms with Crippen LogP contribution in [0.15, 0.2) is 53.8 Å². The zero-order chi connectivity index (χ0) is 27.9. The minimum absolute atomic E-state index is 0.0497. The van der Waals surface area contributed by atoms with Crippen LogP contribution in [0.1, 0.15) is 18.4 Å². The van der Waals surface area contributed by atoms with Crippen molar-refractivity contribution in [2.45, 2.75) is 30.7 Å². The largest absolute Gasteiger partial charge is 0.363 e. The molecule has 0 aliphatic carbocycles. The summed E-state index contributed by atoms with van der Waals surface area (Å²) in [6.45, 7) is 2.66. The van der Waals surface area contributed by atoms with E-state index in [9.17, 15) is 27.2 Å². The van der Waals surface area contributed by atoms with Gasteiger partial charge in [-0.05, 0) is 44.5 Å². The van der Waals surface area contributed by atoms with Crippen molar-refractivity contribution in [2.75, 3.05) is 24.7 Å². The van der Waals surface area contributed by atoms with Crippen LogP contribution < -0.4 is 5.32 Å². The van der Waals surface area contributed by atoms with Gasteiger partial charge in [0.05, 0.1) is 16.1 Å². The Kier molecular flexibility index (Phi) is 7.49. The highest BCUT2D eigenvalue weighted by atomic mass is 35.5. The van der Waals surface area contributed by atoms with Gasteiger partial charge >= 0.3 is 7.60 Å². The van der Waals surface area contributed by atoms with Gasteiger partial charge in [-0.3, -0.25) is 9.46 Å². The van der Waals surface area contributed by atoms with E-state index in [0.29, 0.717) is 24.8 Å². The van der Waals surface area contributed by atoms with Crippen molar-refractivity contribution in [3.63, 3.8) is 0 Å². The molecule has 3 N–H and O–H groups in total. The second-order valence-corrected chi connectivity index (χ2v) is 13.3. The van der Waals surface area contributed by atoms with Crippen molar-refractivity contribution in [2.24, 2.45) is 0 Å². The van der Waals surface area contributed by atoms with Crippen molar-refractivity contribution < 1.29 is 27.2 Å². The number of pyridine rings is 1.